The molecule has 110 valence electrons. The van der Waals surface area contributed by atoms with Crippen LogP contribution in [0.3, 0.4) is 0 Å². The van der Waals surface area contributed by atoms with Gasteiger partial charge in [-0.15, -0.1) is 0 Å². The van der Waals surface area contributed by atoms with Gasteiger partial charge in [-0.1, -0.05) is 6.07 Å². The Kier molecular flexibility index (Phi) is 3.64. The molecule has 20 heavy (non-hydrogen) atoms. The lowest BCUT2D eigenvalue weighted by Crippen LogP contribution is -2.34. The smallest absolute Gasteiger partial charge is 0.378 e. The summed E-state index contributed by atoms with van der Waals surface area (Å²) in [6.45, 7) is 0.768. The molecule has 0 spiro atoms. The zero-order chi connectivity index (χ0) is 15.1. The van der Waals surface area contributed by atoms with E-state index < -0.39 is 24.7 Å². The van der Waals surface area contributed by atoms with E-state index in [0.717, 1.165) is 0 Å². The topological polar surface area (TPSA) is 43.8 Å². The van der Waals surface area contributed by atoms with Crippen molar-refractivity contribution in [3.63, 3.8) is 0 Å². The lowest BCUT2D eigenvalue weighted by Gasteiger charge is -2.25. The molecule has 1 heterocycles. The summed E-state index contributed by atoms with van der Waals surface area (Å²) >= 11 is 0. The molecule has 0 fully saturated rings. The lowest BCUT2D eigenvalue weighted by molar-refractivity contribution is -0.125. The third-order valence-corrected chi connectivity index (χ3v) is 3.35. The number of hydrogen-bond acceptors (Lipinski definition) is 3. The highest BCUT2D eigenvalue weighted by Crippen LogP contribution is 2.37. The van der Waals surface area contributed by atoms with Crippen molar-refractivity contribution >= 4 is 17.3 Å². The molecule has 1 unspecified atom stereocenters. The molecule has 2 rings (SSSR count). The maximum absolute atomic E-state index is 12.5. The molecule has 4 nitrogen and oxygen atoms in total. The second-order valence-corrected chi connectivity index (χ2v) is 4.67. The number of likely N-dealkylation sites (N-methyl/N-ethyl adjacent to an activating group) is 1. The number of alkyl halides is 3. The molecule has 0 aliphatic carbocycles. The van der Waals surface area contributed by atoms with Gasteiger partial charge in [0, 0.05) is 24.8 Å². The lowest BCUT2D eigenvalue weighted by atomic mass is 10.1. The van der Waals surface area contributed by atoms with Gasteiger partial charge in [0.1, 0.15) is 6.54 Å². The second kappa shape index (κ2) is 4.97. The van der Waals surface area contributed by atoms with Crippen LogP contribution in [-0.4, -0.2) is 37.3 Å². The van der Waals surface area contributed by atoms with Crippen molar-refractivity contribution in [1.82, 2.24) is 0 Å². The summed E-state index contributed by atoms with van der Waals surface area (Å²) in [6, 6.07) is 4.48. The predicted molar refractivity (Wildman–Crippen MR) is 68.8 cm³/mol. The van der Waals surface area contributed by atoms with Gasteiger partial charge in [0.15, 0.2) is 6.10 Å². The van der Waals surface area contributed by atoms with Gasteiger partial charge in [0.25, 0.3) is 5.91 Å². The predicted octanol–water partition coefficient (Wildman–Crippen LogP) is 2.08. The van der Waals surface area contributed by atoms with Crippen molar-refractivity contribution in [3.05, 3.63) is 23.8 Å². The number of nitrogens with zero attached hydrogens (tertiary/aromatic N) is 2. The van der Waals surface area contributed by atoms with Crippen LogP contribution in [0.5, 0.6) is 0 Å². The van der Waals surface area contributed by atoms with E-state index in [2.05, 4.69) is 0 Å². The Bertz CT molecular complexity index is 531. The summed E-state index contributed by atoms with van der Waals surface area (Å²) in [5.41, 5.74) is 1.24. The first-order valence-corrected chi connectivity index (χ1v) is 6.16. The van der Waals surface area contributed by atoms with E-state index in [9.17, 15) is 23.1 Å². The second-order valence-electron chi connectivity index (χ2n) is 4.67. The minimum Gasteiger partial charge on any atom is -0.378 e. The standard InChI is InChI=1S/C13H15F3N2O2/c1-3-18(7-13(14,15)16)8-4-5-9-10(6-8)17(2)12(20)11(9)19/h4-6,11,19H,3,7H2,1-2H3. The molecule has 1 amide bonds. The fraction of sp³-hybridized carbons (Fsp3) is 0.462. The number of rotatable bonds is 3. The Morgan fingerprint density at radius 3 is 2.60 bits per heavy atom. The fourth-order valence-electron chi connectivity index (χ4n) is 2.29. The zero-order valence-electron chi connectivity index (χ0n) is 11.1. The first-order valence-electron chi connectivity index (χ1n) is 6.16. The first-order chi connectivity index (χ1) is 9.24. The van der Waals surface area contributed by atoms with Crippen LogP contribution < -0.4 is 9.80 Å². The number of fused-ring (bicyclic) bond motifs is 1. The molecule has 1 aliphatic rings. The molecule has 0 bridgehead atoms. The number of carbonyl (C=O) groups is 1. The van der Waals surface area contributed by atoms with E-state index in [1.165, 1.54) is 35.0 Å². The van der Waals surface area contributed by atoms with Gasteiger partial charge in [0.2, 0.25) is 0 Å². The number of carbonyl (C=O) groups excluding carboxylic acids is 1. The van der Waals surface area contributed by atoms with E-state index in [4.69, 9.17) is 0 Å². The van der Waals surface area contributed by atoms with E-state index in [0.29, 0.717) is 16.9 Å². The minimum absolute atomic E-state index is 0.193. The summed E-state index contributed by atoms with van der Waals surface area (Å²) < 4.78 is 37.5. The van der Waals surface area contributed by atoms with Crippen molar-refractivity contribution in [3.8, 4) is 0 Å². The summed E-state index contributed by atoms with van der Waals surface area (Å²) in [5.74, 6) is -0.476. The molecule has 1 aromatic rings. The molecule has 1 aromatic carbocycles. The first kappa shape index (κ1) is 14.6. The molecule has 1 N–H and O–H groups in total. The van der Waals surface area contributed by atoms with Crippen LogP contribution in [0.1, 0.15) is 18.6 Å². The van der Waals surface area contributed by atoms with Crippen LogP contribution in [-0.2, 0) is 4.79 Å². The quantitative estimate of drug-likeness (QED) is 0.926. The van der Waals surface area contributed by atoms with Crippen LogP contribution in [0.25, 0.3) is 0 Å². The van der Waals surface area contributed by atoms with Crippen molar-refractivity contribution in [1.29, 1.82) is 0 Å². The summed E-state index contributed by atoms with van der Waals surface area (Å²) in [4.78, 5) is 14.0. The van der Waals surface area contributed by atoms with Crippen LogP contribution in [0.4, 0.5) is 24.5 Å². The fourth-order valence-corrected chi connectivity index (χ4v) is 2.29. The average molecular weight is 288 g/mol. The van der Waals surface area contributed by atoms with E-state index in [-0.39, 0.29) is 6.54 Å². The highest BCUT2D eigenvalue weighted by atomic mass is 19.4. The van der Waals surface area contributed by atoms with E-state index in [1.807, 2.05) is 0 Å². The number of aliphatic hydroxyl groups excluding tert-OH is 1. The normalized spacial score (nSPS) is 18.4. The van der Waals surface area contributed by atoms with Crippen molar-refractivity contribution in [2.24, 2.45) is 0 Å². The Labute approximate surface area is 114 Å². The van der Waals surface area contributed by atoms with E-state index in [1.54, 1.807) is 6.92 Å². The van der Waals surface area contributed by atoms with Gasteiger partial charge in [-0.05, 0) is 19.1 Å². The third-order valence-electron chi connectivity index (χ3n) is 3.35. The average Bonchev–Trinajstić information content (AvgIpc) is 2.60. The molecule has 0 aromatic heterocycles. The third kappa shape index (κ3) is 2.58. The molecule has 7 heteroatoms. The highest BCUT2D eigenvalue weighted by molar-refractivity contribution is 6.03. The minimum atomic E-state index is -4.30. The SMILES string of the molecule is CCN(CC(F)(F)F)c1ccc2c(c1)N(C)C(=O)C2O. The maximum atomic E-state index is 12.5. The Morgan fingerprint density at radius 1 is 1.40 bits per heavy atom. The number of halogens is 3. The number of benzene rings is 1. The number of aliphatic hydroxyl groups is 1. The van der Waals surface area contributed by atoms with Crippen molar-refractivity contribution < 1.29 is 23.1 Å². The Balaban J connectivity index is 2.34. The van der Waals surface area contributed by atoms with Gasteiger partial charge < -0.3 is 14.9 Å². The number of anilines is 2. The van der Waals surface area contributed by atoms with Gasteiger partial charge in [-0.2, -0.15) is 13.2 Å². The zero-order valence-corrected chi connectivity index (χ0v) is 11.1. The van der Waals surface area contributed by atoms with Crippen molar-refractivity contribution in [2.45, 2.75) is 19.2 Å². The molecule has 0 saturated heterocycles. The number of hydrogen-bond donors (Lipinski definition) is 1. The van der Waals surface area contributed by atoms with Crippen LogP contribution in [0.15, 0.2) is 18.2 Å². The Morgan fingerprint density at radius 2 is 2.05 bits per heavy atom. The van der Waals surface area contributed by atoms with Gasteiger partial charge in [-0.25, -0.2) is 0 Å². The van der Waals surface area contributed by atoms with Gasteiger partial charge in [0.05, 0.1) is 5.69 Å². The van der Waals surface area contributed by atoms with Gasteiger partial charge in [-0.3, -0.25) is 4.79 Å². The molecule has 1 atom stereocenters. The van der Waals surface area contributed by atoms with Crippen molar-refractivity contribution in [2.75, 3.05) is 29.9 Å². The molecule has 0 radical (unpaired) electrons. The largest absolute Gasteiger partial charge is 0.405 e. The van der Waals surface area contributed by atoms with Gasteiger partial charge >= 0.3 is 6.18 Å². The van der Waals surface area contributed by atoms with Crippen LogP contribution in [0, 0.1) is 0 Å². The van der Waals surface area contributed by atoms with Crippen LogP contribution >= 0.6 is 0 Å². The molecule has 0 saturated carbocycles. The number of amides is 1. The van der Waals surface area contributed by atoms with Crippen LogP contribution in [0.2, 0.25) is 0 Å². The van der Waals surface area contributed by atoms with E-state index >= 15 is 0 Å². The maximum Gasteiger partial charge on any atom is 0.405 e. The highest BCUT2D eigenvalue weighted by Gasteiger charge is 2.35. The summed E-state index contributed by atoms with van der Waals surface area (Å²) in [7, 11) is 1.49. The summed E-state index contributed by atoms with van der Waals surface area (Å²) in [5, 5.41) is 9.71. The Hall–Kier alpha value is -1.76. The molecule has 1 aliphatic heterocycles. The monoisotopic (exact) mass is 288 g/mol. The summed E-state index contributed by atoms with van der Waals surface area (Å²) in [6.07, 6.45) is -5.53. The molecular weight excluding hydrogens is 273 g/mol. The molecular formula is C13H15F3N2O2.